The number of carbonyl (C=O) groups is 1. The van der Waals surface area contributed by atoms with Gasteiger partial charge in [0.1, 0.15) is 24.1 Å². The lowest BCUT2D eigenvalue weighted by molar-refractivity contribution is -0.116. The molecule has 3 rings (SSSR count). The molecule has 0 spiro atoms. The molecule has 0 unspecified atom stereocenters. The summed E-state index contributed by atoms with van der Waals surface area (Å²) in [6, 6.07) is 3.82. The van der Waals surface area contributed by atoms with Gasteiger partial charge in [-0.05, 0) is 18.2 Å². The lowest BCUT2D eigenvalue weighted by Gasteiger charge is -2.08. The molecule has 2 aromatic heterocycles. The van der Waals surface area contributed by atoms with E-state index < -0.39 is 11.7 Å². The van der Waals surface area contributed by atoms with Crippen molar-refractivity contribution < 1.29 is 9.18 Å². The van der Waals surface area contributed by atoms with E-state index in [-0.39, 0.29) is 17.1 Å². The van der Waals surface area contributed by atoms with E-state index in [1.165, 1.54) is 33.9 Å². The number of aromatic nitrogens is 4. The molecule has 0 aliphatic carbocycles. The lowest BCUT2D eigenvalue weighted by atomic mass is 10.3. The number of amides is 1. The number of hydrogen-bond acceptors (Lipinski definition) is 4. The quantitative estimate of drug-likeness (QED) is 0.787. The molecular formula is C14H11ClFN5O2. The predicted octanol–water partition coefficient (Wildman–Crippen LogP) is 1.56. The van der Waals surface area contributed by atoms with Gasteiger partial charge in [-0.15, -0.1) is 0 Å². The molecule has 118 valence electrons. The van der Waals surface area contributed by atoms with Crippen LogP contribution in [0.25, 0.3) is 11.0 Å². The maximum atomic E-state index is 13.1. The molecule has 0 atom stereocenters. The van der Waals surface area contributed by atoms with Crippen LogP contribution in [0, 0.1) is 5.82 Å². The van der Waals surface area contributed by atoms with Gasteiger partial charge < -0.3 is 5.32 Å². The highest BCUT2D eigenvalue weighted by atomic mass is 35.5. The number of carbonyl (C=O) groups excluding carboxylic acids is 1. The number of benzene rings is 1. The van der Waals surface area contributed by atoms with Crippen LogP contribution in [0.4, 0.5) is 10.1 Å². The molecule has 7 nitrogen and oxygen atoms in total. The van der Waals surface area contributed by atoms with Crippen molar-refractivity contribution in [1.82, 2.24) is 19.3 Å². The van der Waals surface area contributed by atoms with Gasteiger partial charge in [-0.25, -0.2) is 9.37 Å². The van der Waals surface area contributed by atoms with Gasteiger partial charge in [0.15, 0.2) is 5.65 Å². The zero-order chi connectivity index (χ0) is 16.6. The summed E-state index contributed by atoms with van der Waals surface area (Å²) in [5, 5.41) is 6.72. The van der Waals surface area contributed by atoms with Crippen LogP contribution in [0.15, 0.2) is 35.5 Å². The van der Waals surface area contributed by atoms with Crippen molar-refractivity contribution in [2.75, 3.05) is 5.32 Å². The Labute approximate surface area is 134 Å². The van der Waals surface area contributed by atoms with E-state index in [1.807, 2.05) is 0 Å². The van der Waals surface area contributed by atoms with Gasteiger partial charge >= 0.3 is 0 Å². The van der Waals surface area contributed by atoms with Crippen molar-refractivity contribution >= 4 is 34.2 Å². The Hall–Kier alpha value is -2.74. The molecule has 0 saturated heterocycles. The topological polar surface area (TPSA) is 81.8 Å². The van der Waals surface area contributed by atoms with E-state index in [0.717, 1.165) is 6.07 Å². The number of hydrogen-bond donors (Lipinski definition) is 1. The Bertz CT molecular complexity index is 965. The molecule has 1 amide bonds. The van der Waals surface area contributed by atoms with Crippen LogP contribution in [0.1, 0.15) is 0 Å². The van der Waals surface area contributed by atoms with E-state index in [2.05, 4.69) is 15.4 Å². The van der Waals surface area contributed by atoms with Crippen molar-refractivity contribution in [3.8, 4) is 0 Å². The third-order valence-corrected chi connectivity index (χ3v) is 3.53. The average molecular weight is 336 g/mol. The summed E-state index contributed by atoms with van der Waals surface area (Å²) >= 11 is 5.65. The van der Waals surface area contributed by atoms with Crippen molar-refractivity contribution in [3.05, 3.63) is 51.9 Å². The maximum Gasteiger partial charge on any atom is 0.264 e. The molecular weight excluding hydrogens is 325 g/mol. The lowest BCUT2D eigenvalue weighted by Crippen LogP contribution is -2.27. The SMILES string of the molecule is Cn1ncc2c(=O)n(CC(=O)Nc3ccc(F)c(Cl)c3)cnc21. The van der Waals surface area contributed by atoms with E-state index in [0.29, 0.717) is 16.7 Å². The minimum absolute atomic E-state index is 0.0987. The third kappa shape index (κ3) is 2.93. The van der Waals surface area contributed by atoms with Crippen LogP contribution in [-0.4, -0.2) is 25.2 Å². The average Bonchev–Trinajstić information content (AvgIpc) is 2.88. The summed E-state index contributed by atoms with van der Waals surface area (Å²) in [6.07, 6.45) is 2.68. The standard InChI is InChI=1S/C14H11ClFN5O2/c1-20-13-9(5-18-20)14(23)21(7-17-13)6-12(22)19-8-2-3-11(16)10(15)4-8/h2-5,7H,6H2,1H3,(H,19,22). The monoisotopic (exact) mass is 335 g/mol. The van der Waals surface area contributed by atoms with Crippen molar-refractivity contribution in [2.24, 2.45) is 7.05 Å². The molecule has 0 aliphatic heterocycles. The summed E-state index contributed by atoms with van der Waals surface area (Å²) < 4.78 is 15.7. The van der Waals surface area contributed by atoms with Gasteiger partial charge in [0.2, 0.25) is 5.91 Å². The minimum Gasteiger partial charge on any atom is -0.324 e. The van der Waals surface area contributed by atoms with E-state index in [4.69, 9.17) is 11.6 Å². The number of aryl methyl sites for hydroxylation is 1. The summed E-state index contributed by atoms with van der Waals surface area (Å²) in [7, 11) is 1.67. The van der Waals surface area contributed by atoms with Gasteiger partial charge in [0, 0.05) is 12.7 Å². The van der Waals surface area contributed by atoms with Crippen LogP contribution in [0.3, 0.4) is 0 Å². The first-order valence-electron chi connectivity index (χ1n) is 6.58. The van der Waals surface area contributed by atoms with E-state index in [1.54, 1.807) is 7.05 Å². The zero-order valence-electron chi connectivity index (χ0n) is 12.0. The van der Waals surface area contributed by atoms with Gasteiger partial charge in [-0.1, -0.05) is 11.6 Å². The molecule has 2 heterocycles. The Balaban J connectivity index is 1.81. The fourth-order valence-electron chi connectivity index (χ4n) is 2.11. The van der Waals surface area contributed by atoms with Crippen LogP contribution in [0.5, 0.6) is 0 Å². The molecule has 1 N–H and O–H groups in total. The largest absolute Gasteiger partial charge is 0.324 e. The second-order valence-corrected chi connectivity index (χ2v) is 5.27. The van der Waals surface area contributed by atoms with Crippen molar-refractivity contribution in [3.63, 3.8) is 0 Å². The number of nitrogens with one attached hydrogen (secondary N) is 1. The Morgan fingerprint density at radius 1 is 1.43 bits per heavy atom. The highest BCUT2D eigenvalue weighted by Gasteiger charge is 2.11. The summed E-state index contributed by atoms with van der Waals surface area (Å²) in [5.41, 5.74) is 0.414. The second kappa shape index (κ2) is 5.81. The number of halogens is 2. The summed E-state index contributed by atoms with van der Waals surface area (Å²) in [5.74, 6) is -1.04. The Morgan fingerprint density at radius 2 is 2.22 bits per heavy atom. The molecule has 3 aromatic rings. The molecule has 9 heteroatoms. The third-order valence-electron chi connectivity index (χ3n) is 3.24. The number of anilines is 1. The van der Waals surface area contributed by atoms with Crippen LogP contribution in [0.2, 0.25) is 5.02 Å². The molecule has 0 bridgehead atoms. The number of fused-ring (bicyclic) bond motifs is 1. The van der Waals surface area contributed by atoms with E-state index >= 15 is 0 Å². The number of nitrogens with zero attached hydrogens (tertiary/aromatic N) is 4. The van der Waals surface area contributed by atoms with Gasteiger partial charge in [-0.3, -0.25) is 18.8 Å². The second-order valence-electron chi connectivity index (χ2n) is 4.86. The predicted molar refractivity (Wildman–Crippen MR) is 82.8 cm³/mol. The van der Waals surface area contributed by atoms with Crippen molar-refractivity contribution in [1.29, 1.82) is 0 Å². The first kappa shape index (κ1) is 15.2. The maximum absolute atomic E-state index is 13.1. The first-order chi connectivity index (χ1) is 11.0. The molecule has 0 radical (unpaired) electrons. The summed E-state index contributed by atoms with van der Waals surface area (Å²) in [4.78, 5) is 28.4. The first-order valence-corrected chi connectivity index (χ1v) is 6.95. The highest BCUT2D eigenvalue weighted by Crippen LogP contribution is 2.19. The Kier molecular flexibility index (Phi) is 3.83. The van der Waals surface area contributed by atoms with Crippen molar-refractivity contribution in [2.45, 2.75) is 6.54 Å². The highest BCUT2D eigenvalue weighted by molar-refractivity contribution is 6.31. The summed E-state index contributed by atoms with van der Waals surface area (Å²) in [6.45, 7) is -0.230. The van der Waals surface area contributed by atoms with Crippen LogP contribution in [-0.2, 0) is 18.4 Å². The minimum atomic E-state index is -0.577. The van der Waals surface area contributed by atoms with Crippen LogP contribution >= 0.6 is 11.6 Å². The molecule has 1 aromatic carbocycles. The Morgan fingerprint density at radius 3 is 2.96 bits per heavy atom. The van der Waals surface area contributed by atoms with E-state index in [9.17, 15) is 14.0 Å². The smallest absolute Gasteiger partial charge is 0.264 e. The number of rotatable bonds is 3. The molecule has 23 heavy (non-hydrogen) atoms. The van der Waals surface area contributed by atoms with Gasteiger partial charge in [0.25, 0.3) is 5.56 Å². The molecule has 0 saturated carbocycles. The molecule has 0 fully saturated rings. The fourth-order valence-corrected chi connectivity index (χ4v) is 2.29. The van der Waals surface area contributed by atoms with Crippen LogP contribution < -0.4 is 10.9 Å². The molecule has 0 aliphatic rings. The van der Waals surface area contributed by atoms with Gasteiger partial charge in [-0.2, -0.15) is 5.10 Å². The van der Waals surface area contributed by atoms with Gasteiger partial charge in [0.05, 0.1) is 11.2 Å². The normalized spacial score (nSPS) is 10.9. The zero-order valence-corrected chi connectivity index (χ0v) is 12.7. The fraction of sp³-hybridized carbons (Fsp3) is 0.143.